The molecule has 2 amide bonds. The number of rotatable bonds is 5. The first-order valence-electron chi connectivity index (χ1n) is 6.95. The third-order valence-corrected chi connectivity index (χ3v) is 3.00. The van der Waals surface area contributed by atoms with Crippen molar-refractivity contribution in [3.63, 3.8) is 0 Å². The third-order valence-electron chi connectivity index (χ3n) is 3.00. The maximum Gasteiger partial charge on any atom is 0.250 e. The van der Waals surface area contributed by atoms with Gasteiger partial charge in [-0.15, -0.1) is 0 Å². The summed E-state index contributed by atoms with van der Waals surface area (Å²) in [5, 5.41) is 5.54. The molecule has 112 valence electrons. The van der Waals surface area contributed by atoms with Crippen LogP contribution in [0.5, 0.6) is 0 Å². The van der Waals surface area contributed by atoms with Gasteiger partial charge in [0.15, 0.2) is 0 Å². The topological polar surface area (TPSA) is 58.2 Å². The van der Waals surface area contributed by atoms with Crippen molar-refractivity contribution >= 4 is 23.2 Å². The van der Waals surface area contributed by atoms with E-state index in [1.807, 2.05) is 30.3 Å². The molecule has 0 aliphatic carbocycles. The Morgan fingerprint density at radius 3 is 2.23 bits per heavy atom. The molecule has 4 nitrogen and oxygen atoms in total. The van der Waals surface area contributed by atoms with Gasteiger partial charge in [-0.1, -0.05) is 43.0 Å². The van der Waals surface area contributed by atoms with Crippen molar-refractivity contribution < 1.29 is 9.59 Å². The molecule has 0 saturated carbocycles. The van der Waals surface area contributed by atoms with Gasteiger partial charge in [0.1, 0.15) is 0 Å². The maximum absolute atomic E-state index is 12.0. The van der Waals surface area contributed by atoms with Gasteiger partial charge in [0, 0.05) is 16.9 Å². The van der Waals surface area contributed by atoms with Crippen LogP contribution < -0.4 is 10.6 Å². The molecule has 0 aliphatic rings. The van der Waals surface area contributed by atoms with E-state index in [4.69, 9.17) is 0 Å². The lowest BCUT2D eigenvalue weighted by Gasteiger charge is -2.09. The minimum Gasteiger partial charge on any atom is -0.326 e. The standard InChI is InChI=1S/C18H18N2O2/c1-13(2)18(22)20-16-10-6-9-15(12-16)19-17(21)11-14-7-4-3-5-8-14/h3-10,12H,1,11H2,2H3,(H,19,21)(H,20,22). The highest BCUT2D eigenvalue weighted by Crippen LogP contribution is 2.16. The van der Waals surface area contributed by atoms with Gasteiger partial charge < -0.3 is 10.6 Å². The molecule has 0 aliphatic heterocycles. The average molecular weight is 294 g/mol. The predicted octanol–water partition coefficient (Wildman–Crippen LogP) is 3.38. The number of nitrogens with one attached hydrogen (secondary N) is 2. The van der Waals surface area contributed by atoms with Gasteiger partial charge in [0.2, 0.25) is 5.91 Å². The summed E-state index contributed by atoms with van der Waals surface area (Å²) in [5.74, 6) is -0.345. The zero-order valence-corrected chi connectivity index (χ0v) is 12.4. The van der Waals surface area contributed by atoms with Gasteiger partial charge in [0.25, 0.3) is 5.91 Å². The fraction of sp³-hybridized carbons (Fsp3) is 0.111. The molecule has 2 rings (SSSR count). The van der Waals surface area contributed by atoms with Crippen LogP contribution in [0.2, 0.25) is 0 Å². The second-order valence-corrected chi connectivity index (χ2v) is 5.03. The van der Waals surface area contributed by atoms with Crippen molar-refractivity contribution in [3.05, 3.63) is 72.3 Å². The summed E-state index contributed by atoms with van der Waals surface area (Å²) in [6.07, 6.45) is 0.309. The molecular weight excluding hydrogens is 276 g/mol. The van der Waals surface area contributed by atoms with Crippen molar-refractivity contribution in [3.8, 4) is 0 Å². The summed E-state index contributed by atoms with van der Waals surface area (Å²) >= 11 is 0. The number of anilines is 2. The number of hydrogen-bond donors (Lipinski definition) is 2. The second kappa shape index (κ2) is 7.22. The third kappa shape index (κ3) is 4.59. The molecule has 0 radical (unpaired) electrons. The van der Waals surface area contributed by atoms with Crippen molar-refractivity contribution in [1.82, 2.24) is 0 Å². The van der Waals surface area contributed by atoms with Gasteiger partial charge in [-0.3, -0.25) is 9.59 Å². The normalized spacial score (nSPS) is 9.86. The summed E-state index contributed by atoms with van der Waals surface area (Å²) in [6.45, 7) is 5.23. The van der Waals surface area contributed by atoms with Crippen LogP contribution in [0, 0.1) is 0 Å². The predicted molar refractivity (Wildman–Crippen MR) is 88.7 cm³/mol. The lowest BCUT2D eigenvalue weighted by atomic mass is 10.1. The Morgan fingerprint density at radius 2 is 1.59 bits per heavy atom. The van der Waals surface area contributed by atoms with Gasteiger partial charge >= 0.3 is 0 Å². The zero-order chi connectivity index (χ0) is 15.9. The molecule has 2 aromatic carbocycles. The number of carbonyl (C=O) groups is 2. The first kappa shape index (κ1) is 15.5. The summed E-state index contributed by atoms with van der Waals surface area (Å²) in [6, 6.07) is 16.5. The highest BCUT2D eigenvalue weighted by Gasteiger charge is 2.06. The van der Waals surface area contributed by atoms with E-state index >= 15 is 0 Å². The molecule has 0 unspecified atom stereocenters. The Morgan fingerprint density at radius 1 is 0.955 bits per heavy atom. The summed E-state index contributed by atoms with van der Waals surface area (Å²) in [7, 11) is 0. The van der Waals surface area contributed by atoms with Crippen LogP contribution in [0.1, 0.15) is 12.5 Å². The van der Waals surface area contributed by atoms with Crippen LogP contribution in [-0.2, 0) is 16.0 Å². The van der Waals surface area contributed by atoms with Crippen LogP contribution in [0.3, 0.4) is 0 Å². The van der Waals surface area contributed by atoms with E-state index in [1.165, 1.54) is 0 Å². The highest BCUT2D eigenvalue weighted by atomic mass is 16.2. The molecule has 2 N–H and O–H groups in total. The fourth-order valence-electron chi connectivity index (χ4n) is 1.90. The van der Waals surface area contributed by atoms with Crippen LogP contribution in [0.15, 0.2) is 66.7 Å². The van der Waals surface area contributed by atoms with Crippen LogP contribution in [0.25, 0.3) is 0 Å². The summed E-state index contributed by atoms with van der Waals surface area (Å²) in [5.41, 5.74) is 2.64. The average Bonchev–Trinajstić information content (AvgIpc) is 2.48. The SMILES string of the molecule is C=C(C)C(=O)Nc1cccc(NC(=O)Cc2ccccc2)c1. The van der Waals surface area contributed by atoms with Crippen molar-refractivity contribution in [2.75, 3.05) is 10.6 Å². The quantitative estimate of drug-likeness (QED) is 0.831. The fourth-order valence-corrected chi connectivity index (χ4v) is 1.90. The molecule has 0 spiro atoms. The lowest BCUT2D eigenvalue weighted by molar-refractivity contribution is -0.115. The zero-order valence-electron chi connectivity index (χ0n) is 12.4. The van der Waals surface area contributed by atoms with Crippen molar-refractivity contribution in [1.29, 1.82) is 0 Å². The second-order valence-electron chi connectivity index (χ2n) is 5.03. The highest BCUT2D eigenvalue weighted by molar-refractivity contribution is 6.03. The largest absolute Gasteiger partial charge is 0.326 e. The first-order chi connectivity index (χ1) is 10.5. The van der Waals surface area contributed by atoms with Crippen LogP contribution >= 0.6 is 0 Å². The van der Waals surface area contributed by atoms with Crippen LogP contribution in [0.4, 0.5) is 11.4 Å². The van der Waals surface area contributed by atoms with Gasteiger partial charge in [-0.2, -0.15) is 0 Å². The minimum atomic E-state index is -0.243. The molecule has 0 aromatic heterocycles. The Balaban J connectivity index is 1.99. The maximum atomic E-state index is 12.0. The Kier molecular flexibility index (Phi) is 5.09. The molecule has 22 heavy (non-hydrogen) atoms. The number of amides is 2. The first-order valence-corrected chi connectivity index (χ1v) is 6.95. The monoisotopic (exact) mass is 294 g/mol. The minimum absolute atomic E-state index is 0.102. The van der Waals surface area contributed by atoms with E-state index in [2.05, 4.69) is 17.2 Å². The Hall–Kier alpha value is -2.88. The molecule has 0 saturated heterocycles. The van der Waals surface area contributed by atoms with Gasteiger partial charge in [-0.25, -0.2) is 0 Å². The molecule has 0 heterocycles. The van der Waals surface area contributed by atoms with Crippen molar-refractivity contribution in [2.45, 2.75) is 13.3 Å². The molecule has 0 fully saturated rings. The Labute approximate surface area is 129 Å². The lowest BCUT2D eigenvalue weighted by Crippen LogP contribution is -2.15. The molecule has 2 aromatic rings. The van der Waals surface area contributed by atoms with E-state index in [9.17, 15) is 9.59 Å². The van der Waals surface area contributed by atoms with Gasteiger partial charge in [0.05, 0.1) is 6.42 Å². The Bertz CT molecular complexity index is 693. The van der Waals surface area contributed by atoms with E-state index in [0.717, 1.165) is 5.56 Å². The number of benzene rings is 2. The summed E-state index contributed by atoms with van der Waals surface area (Å²) < 4.78 is 0. The van der Waals surface area contributed by atoms with Crippen molar-refractivity contribution in [2.24, 2.45) is 0 Å². The molecule has 0 atom stereocenters. The number of hydrogen-bond acceptors (Lipinski definition) is 2. The molecule has 4 heteroatoms. The number of carbonyl (C=O) groups excluding carboxylic acids is 2. The smallest absolute Gasteiger partial charge is 0.250 e. The van der Waals surface area contributed by atoms with Crippen LogP contribution in [-0.4, -0.2) is 11.8 Å². The van der Waals surface area contributed by atoms with E-state index < -0.39 is 0 Å². The van der Waals surface area contributed by atoms with E-state index in [0.29, 0.717) is 23.4 Å². The van der Waals surface area contributed by atoms with Gasteiger partial charge in [-0.05, 0) is 30.7 Å². The van der Waals surface area contributed by atoms with E-state index in [1.54, 1.807) is 31.2 Å². The summed E-state index contributed by atoms with van der Waals surface area (Å²) in [4.78, 5) is 23.6. The molecular formula is C18H18N2O2. The molecule has 0 bridgehead atoms. The van der Waals surface area contributed by atoms with E-state index in [-0.39, 0.29) is 11.8 Å².